The summed E-state index contributed by atoms with van der Waals surface area (Å²) in [6, 6.07) is 0. The molecule has 4 fully saturated rings. The van der Waals surface area contributed by atoms with Crippen molar-refractivity contribution < 1.29 is 15.0 Å². The molecule has 0 heterocycles. The normalized spacial score (nSPS) is 47.8. The van der Waals surface area contributed by atoms with Gasteiger partial charge in [-0.25, -0.2) is 0 Å². The summed E-state index contributed by atoms with van der Waals surface area (Å²) in [4.78, 5) is 12.2. The molecule has 4 saturated carbocycles. The van der Waals surface area contributed by atoms with Gasteiger partial charge in [0, 0.05) is 13.0 Å². The number of rotatable bonds is 7. The Morgan fingerprint density at radius 2 is 1.70 bits per heavy atom. The molecule has 1 amide bonds. The molecular weight excluding hydrogens is 410 g/mol. The van der Waals surface area contributed by atoms with E-state index < -0.39 is 0 Å². The number of carbonyl (C=O) groups is 1. The van der Waals surface area contributed by atoms with Gasteiger partial charge in [0.05, 0.1) is 12.2 Å². The van der Waals surface area contributed by atoms with Crippen LogP contribution >= 0.6 is 0 Å². The third-order valence-electron chi connectivity index (χ3n) is 11.5. The number of nitrogens with one attached hydrogen (secondary N) is 1. The lowest BCUT2D eigenvalue weighted by atomic mass is 9.41. The van der Waals surface area contributed by atoms with Gasteiger partial charge in [-0.15, -0.1) is 0 Å². The van der Waals surface area contributed by atoms with E-state index in [1.54, 1.807) is 0 Å². The molecule has 0 aromatic heterocycles. The van der Waals surface area contributed by atoms with E-state index in [2.05, 4.69) is 39.9 Å². The first-order valence-corrected chi connectivity index (χ1v) is 14.3. The SMILES string of the molecule is CCCNC(=O)CC[C@@H](C)C1CCC2C3C(O)[C@H](CC)[C@@H]4C[C@H](O)CC[C@]4(C)C3CC[C@@]21C. The lowest BCUT2D eigenvalue weighted by molar-refractivity contribution is -0.203. The molecule has 0 saturated heterocycles. The van der Waals surface area contributed by atoms with E-state index in [4.69, 9.17) is 0 Å². The van der Waals surface area contributed by atoms with Gasteiger partial charge in [0.15, 0.2) is 0 Å². The largest absolute Gasteiger partial charge is 0.393 e. The minimum atomic E-state index is -0.220. The van der Waals surface area contributed by atoms with Crippen molar-refractivity contribution in [1.82, 2.24) is 5.32 Å². The summed E-state index contributed by atoms with van der Waals surface area (Å²) in [6.07, 6.45) is 11.2. The predicted octanol–water partition coefficient (Wildman–Crippen LogP) is 5.56. The minimum absolute atomic E-state index is 0.180. The number of hydrogen-bond acceptors (Lipinski definition) is 3. The van der Waals surface area contributed by atoms with Gasteiger partial charge in [-0.3, -0.25) is 4.79 Å². The molecule has 3 N–H and O–H groups in total. The van der Waals surface area contributed by atoms with Gasteiger partial charge >= 0.3 is 0 Å². The van der Waals surface area contributed by atoms with Gasteiger partial charge in [-0.1, -0.05) is 41.0 Å². The van der Waals surface area contributed by atoms with Crippen LogP contribution in [0.25, 0.3) is 0 Å². The van der Waals surface area contributed by atoms with Crippen molar-refractivity contribution in [2.75, 3.05) is 6.54 Å². The summed E-state index contributed by atoms with van der Waals surface area (Å²) in [7, 11) is 0. The van der Waals surface area contributed by atoms with Gasteiger partial charge in [-0.2, -0.15) is 0 Å². The van der Waals surface area contributed by atoms with Gasteiger partial charge < -0.3 is 15.5 Å². The minimum Gasteiger partial charge on any atom is -0.393 e. The molecule has 4 heteroatoms. The van der Waals surface area contributed by atoms with Crippen molar-refractivity contribution in [2.24, 2.45) is 52.3 Å². The lowest BCUT2D eigenvalue weighted by Crippen LogP contribution is -2.62. The van der Waals surface area contributed by atoms with E-state index in [-0.39, 0.29) is 28.9 Å². The molecule has 0 spiro atoms. The van der Waals surface area contributed by atoms with Crippen LogP contribution in [0.2, 0.25) is 0 Å². The Hall–Kier alpha value is -0.610. The zero-order valence-corrected chi connectivity index (χ0v) is 22.0. The molecule has 4 nitrogen and oxygen atoms in total. The maximum atomic E-state index is 12.2. The first kappa shape index (κ1) is 25.5. The number of carbonyl (C=O) groups excluding carboxylic acids is 1. The molecule has 0 radical (unpaired) electrons. The van der Waals surface area contributed by atoms with Crippen molar-refractivity contribution in [3.05, 3.63) is 0 Å². The molecule has 4 rings (SSSR count). The molecule has 4 aliphatic carbocycles. The quantitative estimate of drug-likeness (QED) is 0.465. The molecule has 0 aromatic rings. The molecule has 5 unspecified atom stereocenters. The third kappa shape index (κ3) is 4.30. The Bertz CT molecular complexity index is 696. The van der Waals surface area contributed by atoms with E-state index in [1.807, 2.05) is 0 Å². The molecule has 0 aromatic carbocycles. The topological polar surface area (TPSA) is 69.6 Å². The van der Waals surface area contributed by atoms with Gasteiger partial charge in [0.1, 0.15) is 0 Å². The van der Waals surface area contributed by atoms with Crippen LogP contribution in [0.15, 0.2) is 0 Å². The molecule has 0 bridgehead atoms. The van der Waals surface area contributed by atoms with E-state index in [1.165, 1.54) is 25.7 Å². The summed E-state index contributed by atoms with van der Waals surface area (Å²) in [6.45, 7) is 12.6. The highest BCUT2D eigenvalue weighted by molar-refractivity contribution is 5.75. The smallest absolute Gasteiger partial charge is 0.220 e. The number of fused-ring (bicyclic) bond motifs is 5. The highest BCUT2D eigenvalue weighted by atomic mass is 16.3. The van der Waals surface area contributed by atoms with Crippen LogP contribution in [-0.2, 0) is 4.79 Å². The average Bonchev–Trinajstić information content (AvgIpc) is 3.14. The van der Waals surface area contributed by atoms with Crippen LogP contribution in [-0.4, -0.2) is 34.9 Å². The Labute approximate surface area is 202 Å². The fraction of sp³-hybridized carbons (Fsp3) is 0.966. The second-order valence-electron chi connectivity index (χ2n) is 13.0. The molecule has 11 atom stereocenters. The summed E-state index contributed by atoms with van der Waals surface area (Å²) < 4.78 is 0. The van der Waals surface area contributed by atoms with E-state index in [0.29, 0.717) is 47.8 Å². The maximum absolute atomic E-state index is 12.2. The molecule has 190 valence electrons. The number of hydrogen-bond donors (Lipinski definition) is 3. The zero-order chi connectivity index (χ0) is 24.0. The Kier molecular flexibility index (Phi) is 7.57. The number of aliphatic hydroxyl groups excluding tert-OH is 2. The van der Waals surface area contributed by atoms with Gasteiger partial charge in [0.25, 0.3) is 0 Å². The van der Waals surface area contributed by atoms with Gasteiger partial charge in [-0.05, 0) is 110 Å². The first-order chi connectivity index (χ1) is 15.7. The fourth-order valence-corrected chi connectivity index (χ4v) is 9.85. The second-order valence-corrected chi connectivity index (χ2v) is 13.0. The molecule has 4 aliphatic rings. The van der Waals surface area contributed by atoms with Crippen molar-refractivity contribution in [2.45, 2.75) is 117 Å². The summed E-state index contributed by atoms with van der Waals surface area (Å²) in [5.41, 5.74) is 0.559. The maximum Gasteiger partial charge on any atom is 0.220 e. The van der Waals surface area contributed by atoms with Crippen LogP contribution in [0, 0.1) is 52.3 Å². The van der Waals surface area contributed by atoms with Gasteiger partial charge in [0.2, 0.25) is 5.91 Å². The molecular formula is C29H51NO3. The average molecular weight is 462 g/mol. The highest BCUT2D eigenvalue weighted by Crippen LogP contribution is 2.69. The monoisotopic (exact) mass is 461 g/mol. The lowest BCUT2D eigenvalue weighted by Gasteiger charge is -2.64. The summed E-state index contributed by atoms with van der Waals surface area (Å²) in [5, 5.41) is 25.3. The van der Waals surface area contributed by atoms with E-state index >= 15 is 0 Å². The predicted molar refractivity (Wildman–Crippen MR) is 133 cm³/mol. The summed E-state index contributed by atoms with van der Waals surface area (Å²) >= 11 is 0. The van der Waals surface area contributed by atoms with E-state index in [9.17, 15) is 15.0 Å². The van der Waals surface area contributed by atoms with Crippen molar-refractivity contribution in [3.8, 4) is 0 Å². The van der Waals surface area contributed by atoms with Crippen LogP contribution in [0.4, 0.5) is 0 Å². The highest BCUT2D eigenvalue weighted by Gasteiger charge is 2.64. The third-order valence-corrected chi connectivity index (χ3v) is 11.5. The summed E-state index contributed by atoms with van der Waals surface area (Å²) in [5.74, 6) is 3.82. The Balaban J connectivity index is 1.52. The Morgan fingerprint density at radius 3 is 2.39 bits per heavy atom. The first-order valence-electron chi connectivity index (χ1n) is 14.3. The second kappa shape index (κ2) is 9.80. The van der Waals surface area contributed by atoms with E-state index in [0.717, 1.165) is 45.1 Å². The number of aliphatic hydroxyl groups is 2. The van der Waals surface area contributed by atoms with Crippen molar-refractivity contribution in [3.63, 3.8) is 0 Å². The Morgan fingerprint density at radius 1 is 1.00 bits per heavy atom. The fourth-order valence-electron chi connectivity index (χ4n) is 9.85. The van der Waals surface area contributed by atoms with Crippen LogP contribution in [0.1, 0.15) is 105 Å². The molecule has 33 heavy (non-hydrogen) atoms. The van der Waals surface area contributed by atoms with Crippen LogP contribution in [0.3, 0.4) is 0 Å². The van der Waals surface area contributed by atoms with Crippen molar-refractivity contribution in [1.29, 1.82) is 0 Å². The zero-order valence-electron chi connectivity index (χ0n) is 22.0. The van der Waals surface area contributed by atoms with Crippen LogP contribution in [0.5, 0.6) is 0 Å². The molecule has 0 aliphatic heterocycles. The number of amides is 1. The van der Waals surface area contributed by atoms with Crippen LogP contribution < -0.4 is 5.32 Å². The standard InChI is InChI=1S/C29H51NO3/c1-6-16-30-25(32)11-8-18(3)21-9-10-22-26-23(13-15-28(21,22)4)29(5)14-12-19(31)17-24(29)20(7-2)27(26)33/h18-24,26-27,31,33H,6-17H2,1-5H3,(H,30,32)/t18-,19-,20-,21?,22?,23?,24+,26?,27?,28-,29-/m1/s1. The van der Waals surface area contributed by atoms with Crippen molar-refractivity contribution >= 4 is 5.91 Å².